The van der Waals surface area contributed by atoms with Gasteiger partial charge in [0.1, 0.15) is 5.84 Å². The van der Waals surface area contributed by atoms with Gasteiger partial charge in [-0.15, -0.1) is 0 Å². The Bertz CT molecular complexity index is 1280. The van der Waals surface area contributed by atoms with Crippen molar-refractivity contribution >= 4 is 33.1 Å². The van der Waals surface area contributed by atoms with Crippen LogP contribution in [0.25, 0.3) is 11.1 Å². The lowest BCUT2D eigenvalue weighted by Crippen LogP contribution is -2.35. The van der Waals surface area contributed by atoms with Crippen LogP contribution in [0.15, 0.2) is 77.7 Å². The zero-order valence-corrected chi connectivity index (χ0v) is 19.5. The van der Waals surface area contributed by atoms with Crippen LogP contribution in [0.3, 0.4) is 0 Å². The molecule has 0 saturated heterocycles. The first kappa shape index (κ1) is 24.9. The summed E-state index contributed by atoms with van der Waals surface area (Å²) in [6.07, 6.45) is 0. The zero-order chi connectivity index (χ0) is 24.7. The minimum Gasteiger partial charge on any atom is -0.384 e. The number of methoxy groups -OCH3 is 1. The van der Waals surface area contributed by atoms with Crippen LogP contribution in [0.1, 0.15) is 5.56 Å². The topological polar surface area (TPSA) is 152 Å². The monoisotopic (exact) mass is 481 g/mol. The number of carbonyl (C=O) groups excluding carboxylic acids is 1. The lowest BCUT2D eigenvalue weighted by molar-refractivity contribution is -0.115. The fraction of sp³-hybridized carbons (Fsp3) is 0.167. The van der Waals surface area contributed by atoms with Gasteiger partial charge in [-0.25, -0.2) is 13.6 Å². The number of benzene rings is 3. The van der Waals surface area contributed by atoms with E-state index in [2.05, 4.69) is 5.32 Å². The summed E-state index contributed by atoms with van der Waals surface area (Å²) in [5.74, 6) is -0.302. The van der Waals surface area contributed by atoms with E-state index >= 15 is 0 Å². The van der Waals surface area contributed by atoms with Crippen LogP contribution in [-0.2, 0) is 19.6 Å². The molecule has 0 fully saturated rings. The van der Waals surface area contributed by atoms with Crippen LogP contribution in [0, 0.1) is 5.41 Å². The van der Waals surface area contributed by atoms with E-state index in [0.29, 0.717) is 35.5 Å². The number of nitrogens with zero attached hydrogens (tertiary/aromatic N) is 1. The van der Waals surface area contributed by atoms with E-state index in [4.69, 9.17) is 21.0 Å². The molecule has 0 bridgehead atoms. The number of nitrogens with two attached hydrogens (primary N) is 2. The van der Waals surface area contributed by atoms with E-state index in [1.807, 2.05) is 11.0 Å². The second-order valence-corrected chi connectivity index (χ2v) is 9.07. The molecule has 1 amide bonds. The van der Waals surface area contributed by atoms with Crippen LogP contribution >= 0.6 is 0 Å². The van der Waals surface area contributed by atoms with E-state index < -0.39 is 10.0 Å². The number of hydrogen-bond acceptors (Lipinski definition) is 6. The van der Waals surface area contributed by atoms with Gasteiger partial charge in [-0.05, 0) is 35.9 Å². The van der Waals surface area contributed by atoms with E-state index in [-0.39, 0.29) is 23.2 Å². The van der Waals surface area contributed by atoms with Gasteiger partial charge in [0.25, 0.3) is 0 Å². The molecule has 0 unspecified atom stereocenters. The SMILES string of the molecule is COCCN(CC(=O)Nc1ccc(-c2ccccc2S(N)(=O)=O)cc1)c1cccc(C(=N)N)c1. The minimum absolute atomic E-state index is 0.0355. The fourth-order valence-electron chi connectivity index (χ4n) is 3.43. The third-order valence-corrected chi connectivity index (χ3v) is 6.06. The summed E-state index contributed by atoms with van der Waals surface area (Å²) in [7, 11) is -2.29. The Labute approximate surface area is 198 Å². The van der Waals surface area contributed by atoms with E-state index in [0.717, 1.165) is 5.69 Å². The summed E-state index contributed by atoms with van der Waals surface area (Å²) in [6, 6.07) is 20.4. The van der Waals surface area contributed by atoms with Gasteiger partial charge in [0.2, 0.25) is 15.9 Å². The maximum atomic E-state index is 12.8. The molecule has 178 valence electrons. The molecule has 3 aromatic carbocycles. The number of amidine groups is 1. The van der Waals surface area contributed by atoms with Crippen molar-refractivity contribution in [2.75, 3.05) is 37.0 Å². The quantitative estimate of drug-likeness (QED) is 0.258. The molecule has 0 aliphatic heterocycles. The van der Waals surface area contributed by atoms with Crippen LogP contribution in [-0.4, -0.2) is 47.0 Å². The third kappa shape index (κ3) is 6.41. The maximum Gasteiger partial charge on any atom is 0.243 e. The Morgan fingerprint density at radius 2 is 1.76 bits per heavy atom. The van der Waals surface area contributed by atoms with Crippen molar-refractivity contribution < 1.29 is 17.9 Å². The number of nitrogen functional groups attached to an aromatic ring is 1. The second-order valence-electron chi connectivity index (χ2n) is 7.55. The third-order valence-electron chi connectivity index (χ3n) is 5.10. The average Bonchev–Trinajstić information content (AvgIpc) is 2.81. The highest BCUT2D eigenvalue weighted by Crippen LogP contribution is 2.27. The molecule has 0 heterocycles. The number of hydrogen-bond donors (Lipinski definition) is 4. The average molecular weight is 482 g/mol. The van der Waals surface area contributed by atoms with Crippen molar-refractivity contribution in [1.29, 1.82) is 5.41 Å². The molecular formula is C24H27N5O4S. The zero-order valence-electron chi connectivity index (χ0n) is 18.7. The van der Waals surface area contributed by atoms with E-state index in [1.54, 1.807) is 67.8 Å². The van der Waals surface area contributed by atoms with Crippen LogP contribution in [0.5, 0.6) is 0 Å². The minimum atomic E-state index is -3.87. The van der Waals surface area contributed by atoms with Gasteiger partial charge in [0, 0.05) is 36.2 Å². The standard InChI is InChI=1S/C24H27N5O4S/c1-33-14-13-29(20-6-4-5-18(15-20)24(25)26)16-23(30)28-19-11-9-17(10-12-19)21-7-2-3-8-22(21)34(27,31)32/h2-12,15H,13-14,16H2,1H3,(H3,25,26)(H,28,30)(H2,27,31,32). The Morgan fingerprint density at radius 1 is 1.06 bits per heavy atom. The summed E-state index contributed by atoms with van der Waals surface area (Å²) < 4.78 is 28.9. The highest BCUT2D eigenvalue weighted by atomic mass is 32.2. The first-order valence-electron chi connectivity index (χ1n) is 10.4. The normalized spacial score (nSPS) is 11.1. The van der Waals surface area contributed by atoms with Crippen molar-refractivity contribution in [3.8, 4) is 11.1 Å². The summed E-state index contributed by atoms with van der Waals surface area (Å²) in [5.41, 5.74) is 8.61. The highest BCUT2D eigenvalue weighted by molar-refractivity contribution is 7.89. The first-order valence-corrected chi connectivity index (χ1v) is 11.9. The number of sulfonamides is 1. The summed E-state index contributed by atoms with van der Waals surface area (Å²) in [4.78, 5) is 14.6. The molecule has 3 rings (SSSR count). The Kier molecular flexibility index (Phi) is 8.00. The van der Waals surface area contributed by atoms with E-state index in [9.17, 15) is 13.2 Å². The summed E-state index contributed by atoms with van der Waals surface area (Å²) in [5, 5.41) is 15.8. The lowest BCUT2D eigenvalue weighted by Gasteiger charge is -2.24. The van der Waals surface area contributed by atoms with Gasteiger partial charge in [-0.2, -0.15) is 0 Å². The number of ether oxygens (including phenoxy) is 1. The van der Waals surface area contributed by atoms with Gasteiger partial charge in [0.05, 0.1) is 18.0 Å². The number of nitrogens with one attached hydrogen (secondary N) is 2. The number of rotatable bonds is 10. The van der Waals surface area contributed by atoms with Gasteiger partial charge in [0.15, 0.2) is 0 Å². The molecule has 3 aromatic rings. The Morgan fingerprint density at radius 3 is 2.41 bits per heavy atom. The molecule has 34 heavy (non-hydrogen) atoms. The number of primary sulfonamides is 1. The van der Waals surface area contributed by atoms with Crippen LogP contribution < -0.4 is 21.1 Å². The molecule has 0 aliphatic carbocycles. The first-order chi connectivity index (χ1) is 16.2. The smallest absolute Gasteiger partial charge is 0.243 e. The molecule has 0 radical (unpaired) electrons. The molecule has 0 aliphatic rings. The van der Waals surface area contributed by atoms with Crippen molar-refractivity contribution in [1.82, 2.24) is 0 Å². The van der Waals surface area contributed by atoms with Gasteiger partial charge in [-0.3, -0.25) is 10.2 Å². The second kappa shape index (κ2) is 10.9. The largest absolute Gasteiger partial charge is 0.384 e. The Hall–Kier alpha value is -3.73. The van der Waals surface area contributed by atoms with Gasteiger partial charge >= 0.3 is 0 Å². The number of amides is 1. The van der Waals surface area contributed by atoms with Crippen LogP contribution in [0.4, 0.5) is 11.4 Å². The molecular weight excluding hydrogens is 454 g/mol. The molecule has 0 spiro atoms. The maximum absolute atomic E-state index is 12.8. The predicted molar refractivity (Wildman–Crippen MR) is 133 cm³/mol. The molecule has 0 saturated carbocycles. The molecule has 10 heteroatoms. The summed E-state index contributed by atoms with van der Waals surface area (Å²) >= 11 is 0. The molecule has 9 nitrogen and oxygen atoms in total. The number of anilines is 2. The molecule has 0 aromatic heterocycles. The van der Waals surface area contributed by atoms with Crippen molar-refractivity contribution in [3.05, 3.63) is 78.4 Å². The Balaban J connectivity index is 1.75. The van der Waals surface area contributed by atoms with Crippen molar-refractivity contribution in [2.24, 2.45) is 10.9 Å². The predicted octanol–water partition coefficient (Wildman–Crippen LogP) is 2.38. The lowest BCUT2D eigenvalue weighted by atomic mass is 10.1. The molecule has 6 N–H and O–H groups in total. The van der Waals surface area contributed by atoms with Gasteiger partial charge in [-0.1, -0.05) is 42.5 Å². The highest BCUT2D eigenvalue weighted by Gasteiger charge is 2.16. The summed E-state index contributed by atoms with van der Waals surface area (Å²) in [6.45, 7) is 0.936. The van der Waals surface area contributed by atoms with Crippen molar-refractivity contribution in [2.45, 2.75) is 4.90 Å². The van der Waals surface area contributed by atoms with Gasteiger partial charge < -0.3 is 20.7 Å². The van der Waals surface area contributed by atoms with Crippen molar-refractivity contribution in [3.63, 3.8) is 0 Å². The van der Waals surface area contributed by atoms with E-state index in [1.165, 1.54) is 6.07 Å². The fourth-order valence-corrected chi connectivity index (χ4v) is 4.19. The molecule has 0 atom stereocenters. The number of carbonyl (C=O) groups is 1. The van der Waals surface area contributed by atoms with Crippen LogP contribution in [0.2, 0.25) is 0 Å².